The molecule has 0 unspecified atom stereocenters. The standard InChI is InChI=1S/C19H27N5OS/c1-5-21-18(25)15-8-6-14(7-9-15)10-22-19(20-4)23-11-17-24-16(12-26-17)13(2)3/h6-9,12-13H,5,10-11H2,1-4H3,(H,21,25)(H2,20,22,23). The third kappa shape index (κ3) is 5.84. The number of guanidine groups is 1. The van der Waals surface area contributed by atoms with E-state index in [0.29, 0.717) is 31.1 Å². The third-order valence-electron chi connectivity index (χ3n) is 3.81. The molecule has 0 aliphatic heterocycles. The van der Waals surface area contributed by atoms with Gasteiger partial charge in [0.1, 0.15) is 5.01 Å². The number of benzene rings is 1. The van der Waals surface area contributed by atoms with Gasteiger partial charge in [0.2, 0.25) is 0 Å². The van der Waals surface area contributed by atoms with Crippen LogP contribution in [0, 0.1) is 0 Å². The predicted molar refractivity (Wildman–Crippen MR) is 108 cm³/mol. The van der Waals surface area contributed by atoms with Crippen LogP contribution in [0.3, 0.4) is 0 Å². The average Bonchev–Trinajstić information content (AvgIpc) is 3.12. The van der Waals surface area contributed by atoms with Gasteiger partial charge in [-0.05, 0) is 30.5 Å². The van der Waals surface area contributed by atoms with Crippen molar-refractivity contribution in [2.45, 2.75) is 39.8 Å². The van der Waals surface area contributed by atoms with Crippen molar-refractivity contribution < 1.29 is 4.79 Å². The molecular formula is C19H27N5OS. The van der Waals surface area contributed by atoms with Gasteiger partial charge in [-0.25, -0.2) is 4.98 Å². The fourth-order valence-electron chi connectivity index (χ4n) is 2.27. The van der Waals surface area contributed by atoms with Gasteiger partial charge in [0.05, 0.1) is 12.2 Å². The molecule has 1 amide bonds. The van der Waals surface area contributed by atoms with Crippen molar-refractivity contribution in [3.05, 3.63) is 51.5 Å². The summed E-state index contributed by atoms with van der Waals surface area (Å²) in [6, 6.07) is 7.56. The van der Waals surface area contributed by atoms with E-state index in [0.717, 1.165) is 22.2 Å². The number of nitrogens with one attached hydrogen (secondary N) is 3. The quantitative estimate of drug-likeness (QED) is 0.515. The molecule has 0 saturated carbocycles. The minimum absolute atomic E-state index is 0.0475. The second-order valence-corrected chi connectivity index (χ2v) is 7.10. The van der Waals surface area contributed by atoms with Gasteiger partial charge in [-0.2, -0.15) is 0 Å². The van der Waals surface area contributed by atoms with Gasteiger partial charge < -0.3 is 16.0 Å². The Bertz CT molecular complexity index is 737. The number of carbonyl (C=O) groups excluding carboxylic acids is 1. The number of rotatable bonds is 7. The van der Waals surface area contributed by atoms with E-state index in [9.17, 15) is 4.79 Å². The molecule has 26 heavy (non-hydrogen) atoms. The lowest BCUT2D eigenvalue weighted by Gasteiger charge is -2.11. The maximum absolute atomic E-state index is 11.8. The van der Waals surface area contributed by atoms with E-state index in [2.05, 4.69) is 45.2 Å². The molecule has 0 saturated heterocycles. The highest BCUT2D eigenvalue weighted by atomic mass is 32.1. The Hall–Kier alpha value is -2.41. The van der Waals surface area contributed by atoms with Crippen LogP contribution in [0.2, 0.25) is 0 Å². The Kier molecular flexibility index (Phi) is 7.59. The molecule has 2 rings (SSSR count). The van der Waals surface area contributed by atoms with Gasteiger partial charge in [0, 0.05) is 31.1 Å². The number of nitrogens with zero attached hydrogens (tertiary/aromatic N) is 2. The van der Waals surface area contributed by atoms with Crippen molar-refractivity contribution in [2.75, 3.05) is 13.6 Å². The number of aliphatic imine (C=N–C) groups is 1. The van der Waals surface area contributed by atoms with Crippen LogP contribution >= 0.6 is 11.3 Å². The number of amides is 1. The fourth-order valence-corrected chi connectivity index (χ4v) is 3.17. The van der Waals surface area contributed by atoms with Crippen molar-refractivity contribution in [3.63, 3.8) is 0 Å². The minimum Gasteiger partial charge on any atom is -0.352 e. The fraction of sp³-hybridized carbons (Fsp3) is 0.421. The van der Waals surface area contributed by atoms with E-state index in [1.807, 2.05) is 31.2 Å². The van der Waals surface area contributed by atoms with Crippen LogP contribution in [-0.2, 0) is 13.1 Å². The summed E-state index contributed by atoms with van der Waals surface area (Å²) in [5.41, 5.74) is 2.88. The van der Waals surface area contributed by atoms with E-state index in [4.69, 9.17) is 0 Å². The SMILES string of the molecule is CCNC(=O)c1ccc(CNC(=NC)NCc2nc(C(C)C)cs2)cc1. The number of aromatic nitrogens is 1. The highest BCUT2D eigenvalue weighted by molar-refractivity contribution is 7.09. The van der Waals surface area contributed by atoms with Crippen LogP contribution in [0.4, 0.5) is 0 Å². The Balaban J connectivity index is 1.83. The summed E-state index contributed by atoms with van der Waals surface area (Å²) in [4.78, 5) is 20.6. The largest absolute Gasteiger partial charge is 0.352 e. The highest BCUT2D eigenvalue weighted by Gasteiger charge is 2.07. The molecule has 1 aromatic heterocycles. The predicted octanol–water partition coefficient (Wildman–Crippen LogP) is 2.88. The van der Waals surface area contributed by atoms with Crippen LogP contribution in [0.15, 0.2) is 34.6 Å². The zero-order valence-corrected chi connectivity index (χ0v) is 16.6. The molecule has 0 aliphatic rings. The lowest BCUT2D eigenvalue weighted by Crippen LogP contribution is -2.36. The van der Waals surface area contributed by atoms with Gasteiger partial charge in [-0.3, -0.25) is 9.79 Å². The lowest BCUT2D eigenvalue weighted by atomic mass is 10.1. The Morgan fingerprint density at radius 2 is 1.85 bits per heavy atom. The molecule has 0 spiro atoms. The zero-order chi connectivity index (χ0) is 18.9. The van der Waals surface area contributed by atoms with Gasteiger partial charge in [-0.15, -0.1) is 11.3 Å². The van der Waals surface area contributed by atoms with E-state index in [1.165, 1.54) is 0 Å². The van der Waals surface area contributed by atoms with Crippen molar-refractivity contribution in [3.8, 4) is 0 Å². The molecule has 0 radical (unpaired) electrons. The summed E-state index contributed by atoms with van der Waals surface area (Å²) in [5, 5.41) is 12.5. The van der Waals surface area contributed by atoms with Crippen molar-refractivity contribution in [2.24, 2.45) is 4.99 Å². The molecule has 6 nitrogen and oxygen atoms in total. The molecule has 1 aromatic carbocycles. The van der Waals surface area contributed by atoms with Crippen LogP contribution in [0.25, 0.3) is 0 Å². The average molecular weight is 374 g/mol. The molecular weight excluding hydrogens is 346 g/mol. The molecule has 140 valence electrons. The second-order valence-electron chi connectivity index (χ2n) is 6.16. The van der Waals surface area contributed by atoms with Crippen molar-refractivity contribution >= 4 is 23.2 Å². The maximum Gasteiger partial charge on any atom is 0.251 e. The monoisotopic (exact) mass is 373 g/mol. The smallest absolute Gasteiger partial charge is 0.251 e. The summed E-state index contributed by atoms with van der Waals surface area (Å²) in [7, 11) is 1.74. The molecule has 7 heteroatoms. The molecule has 0 fully saturated rings. The van der Waals surface area contributed by atoms with E-state index in [-0.39, 0.29) is 5.91 Å². The third-order valence-corrected chi connectivity index (χ3v) is 4.67. The first-order chi connectivity index (χ1) is 12.5. The Morgan fingerprint density at radius 3 is 2.42 bits per heavy atom. The van der Waals surface area contributed by atoms with Crippen LogP contribution in [0.5, 0.6) is 0 Å². The first-order valence-corrected chi connectivity index (χ1v) is 9.67. The summed E-state index contributed by atoms with van der Waals surface area (Å²) in [6.07, 6.45) is 0. The zero-order valence-electron chi connectivity index (χ0n) is 15.8. The van der Waals surface area contributed by atoms with Crippen LogP contribution < -0.4 is 16.0 Å². The molecule has 1 heterocycles. The van der Waals surface area contributed by atoms with Gasteiger partial charge in [-0.1, -0.05) is 26.0 Å². The highest BCUT2D eigenvalue weighted by Crippen LogP contribution is 2.17. The van der Waals surface area contributed by atoms with Crippen molar-refractivity contribution in [1.82, 2.24) is 20.9 Å². The molecule has 0 atom stereocenters. The normalized spacial score (nSPS) is 11.5. The van der Waals surface area contributed by atoms with E-state index < -0.39 is 0 Å². The van der Waals surface area contributed by atoms with E-state index in [1.54, 1.807) is 18.4 Å². The Labute approximate surface area is 159 Å². The molecule has 3 N–H and O–H groups in total. The van der Waals surface area contributed by atoms with Crippen LogP contribution in [0.1, 0.15) is 53.3 Å². The molecule has 0 bridgehead atoms. The first-order valence-electron chi connectivity index (χ1n) is 8.79. The topological polar surface area (TPSA) is 78.4 Å². The molecule has 2 aromatic rings. The van der Waals surface area contributed by atoms with Gasteiger partial charge >= 0.3 is 0 Å². The van der Waals surface area contributed by atoms with Gasteiger partial charge in [0.15, 0.2) is 5.96 Å². The maximum atomic E-state index is 11.8. The Morgan fingerprint density at radius 1 is 1.15 bits per heavy atom. The van der Waals surface area contributed by atoms with Crippen LogP contribution in [-0.4, -0.2) is 30.4 Å². The number of thiazole rings is 1. The summed E-state index contributed by atoms with van der Waals surface area (Å²) in [6.45, 7) is 8.09. The van der Waals surface area contributed by atoms with E-state index >= 15 is 0 Å². The number of hydrogen-bond donors (Lipinski definition) is 3. The second kappa shape index (κ2) is 9.91. The lowest BCUT2D eigenvalue weighted by molar-refractivity contribution is 0.0956. The molecule has 0 aliphatic carbocycles. The number of hydrogen-bond acceptors (Lipinski definition) is 4. The first kappa shape index (κ1) is 19.9. The summed E-state index contributed by atoms with van der Waals surface area (Å²) in [5.74, 6) is 1.12. The summed E-state index contributed by atoms with van der Waals surface area (Å²) < 4.78 is 0. The number of carbonyl (C=O) groups is 1. The summed E-state index contributed by atoms with van der Waals surface area (Å²) >= 11 is 1.66. The van der Waals surface area contributed by atoms with Crippen molar-refractivity contribution in [1.29, 1.82) is 0 Å². The van der Waals surface area contributed by atoms with Gasteiger partial charge in [0.25, 0.3) is 5.91 Å². The minimum atomic E-state index is -0.0475.